The molecule has 0 bridgehead atoms. The summed E-state index contributed by atoms with van der Waals surface area (Å²) in [6.07, 6.45) is 0. The normalized spacial score (nSPS) is 10.5. The molecule has 140 valence electrons. The molecular weight excluding hydrogens is 376 g/mol. The fourth-order valence-electron chi connectivity index (χ4n) is 2.45. The third kappa shape index (κ3) is 4.22. The van der Waals surface area contributed by atoms with Gasteiger partial charge in [0.15, 0.2) is 11.5 Å². The molecule has 27 heavy (non-hydrogen) atoms. The summed E-state index contributed by atoms with van der Waals surface area (Å²) in [5.74, 6) is -1.40. The Balaban J connectivity index is 1.74. The Labute approximate surface area is 158 Å². The van der Waals surface area contributed by atoms with Crippen molar-refractivity contribution in [3.8, 4) is 22.1 Å². The average Bonchev–Trinajstić information content (AvgIpc) is 3.13. The number of hydrogen-bond acceptors (Lipinski definition) is 6. The summed E-state index contributed by atoms with van der Waals surface area (Å²) >= 11 is 1.35. The molecule has 0 amide bonds. The molecule has 0 saturated carbocycles. The van der Waals surface area contributed by atoms with Gasteiger partial charge in [-0.15, -0.1) is 11.3 Å². The minimum absolute atomic E-state index is 0.125. The molecule has 0 fully saturated rings. The van der Waals surface area contributed by atoms with Crippen LogP contribution in [0.25, 0.3) is 10.6 Å². The van der Waals surface area contributed by atoms with E-state index in [0.717, 1.165) is 17.7 Å². The van der Waals surface area contributed by atoms with E-state index in [9.17, 15) is 13.6 Å². The second-order valence-electron chi connectivity index (χ2n) is 5.42. The number of nitrogens with zero attached hydrogens (tertiary/aromatic N) is 1. The standard InChI is InChI=1S/C19H15F2NO4S/c1-24-16-5-3-4-15(17(16)25-2)18-22-14(10-27-18)9-26-19(23)11-6-12(20)8-13(21)7-11/h3-8,10H,9H2,1-2H3. The van der Waals surface area contributed by atoms with Crippen LogP contribution in [0, 0.1) is 11.6 Å². The van der Waals surface area contributed by atoms with Gasteiger partial charge >= 0.3 is 5.97 Å². The van der Waals surface area contributed by atoms with E-state index in [-0.39, 0.29) is 12.2 Å². The summed E-state index contributed by atoms with van der Waals surface area (Å²) in [5, 5.41) is 2.39. The molecule has 1 aromatic heterocycles. The Morgan fingerprint density at radius 1 is 1.11 bits per heavy atom. The number of rotatable bonds is 6. The van der Waals surface area contributed by atoms with Crippen molar-refractivity contribution >= 4 is 17.3 Å². The highest BCUT2D eigenvalue weighted by molar-refractivity contribution is 7.13. The fraction of sp³-hybridized carbons (Fsp3) is 0.158. The van der Waals surface area contributed by atoms with Crippen LogP contribution in [0.2, 0.25) is 0 Å². The van der Waals surface area contributed by atoms with Gasteiger partial charge in [-0.3, -0.25) is 0 Å². The molecule has 0 spiro atoms. The molecule has 0 aliphatic carbocycles. The van der Waals surface area contributed by atoms with E-state index >= 15 is 0 Å². The van der Waals surface area contributed by atoms with Crippen molar-refractivity contribution in [1.82, 2.24) is 4.98 Å². The van der Waals surface area contributed by atoms with Crippen molar-refractivity contribution in [2.45, 2.75) is 6.61 Å². The van der Waals surface area contributed by atoms with Crippen LogP contribution in [0.15, 0.2) is 41.8 Å². The molecule has 0 aliphatic rings. The molecule has 0 N–H and O–H groups in total. The number of benzene rings is 2. The van der Waals surface area contributed by atoms with Crippen molar-refractivity contribution in [1.29, 1.82) is 0 Å². The Hall–Kier alpha value is -3.00. The quantitative estimate of drug-likeness (QED) is 0.581. The van der Waals surface area contributed by atoms with E-state index in [1.807, 2.05) is 12.1 Å². The molecule has 1 heterocycles. The van der Waals surface area contributed by atoms with Gasteiger partial charge in [-0.05, 0) is 24.3 Å². The second kappa shape index (κ2) is 8.13. The molecule has 3 rings (SSSR count). The summed E-state index contributed by atoms with van der Waals surface area (Å²) in [6.45, 7) is -0.125. The van der Waals surface area contributed by atoms with Gasteiger partial charge in [0, 0.05) is 11.4 Å². The van der Waals surface area contributed by atoms with Crippen molar-refractivity contribution in [2.75, 3.05) is 14.2 Å². The summed E-state index contributed by atoms with van der Waals surface area (Å²) < 4.78 is 42.1. The lowest BCUT2D eigenvalue weighted by molar-refractivity contribution is 0.0467. The van der Waals surface area contributed by atoms with E-state index in [1.54, 1.807) is 18.6 Å². The van der Waals surface area contributed by atoms with E-state index in [2.05, 4.69) is 4.98 Å². The lowest BCUT2D eigenvalue weighted by Gasteiger charge is -2.10. The van der Waals surface area contributed by atoms with Gasteiger partial charge in [-0.25, -0.2) is 18.6 Å². The Bertz CT molecular complexity index is 954. The van der Waals surface area contributed by atoms with Gasteiger partial charge < -0.3 is 14.2 Å². The maximum absolute atomic E-state index is 13.2. The van der Waals surface area contributed by atoms with E-state index in [4.69, 9.17) is 14.2 Å². The lowest BCUT2D eigenvalue weighted by Crippen LogP contribution is -2.06. The van der Waals surface area contributed by atoms with Crippen LogP contribution >= 0.6 is 11.3 Å². The zero-order chi connectivity index (χ0) is 19.4. The maximum Gasteiger partial charge on any atom is 0.338 e. The van der Waals surface area contributed by atoms with Gasteiger partial charge in [0.05, 0.1) is 31.0 Å². The van der Waals surface area contributed by atoms with Gasteiger partial charge in [0.2, 0.25) is 0 Å². The molecule has 8 heteroatoms. The van der Waals surface area contributed by atoms with Crippen LogP contribution in [0.5, 0.6) is 11.5 Å². The molecule has 3 aromatic rings. The number of hydrogen-bond donors (Lipinski definition) is 0. The number of halogens is 2. The number of para-hydroxylation sites is 1. The van der Waals surface area contributed by atoms with Gasteiger partial charge in [-0.2, -0.15) is 0 Å². The number of ether oxygens (including phenoxy) is 3. The summed E-state index contributed by atoms with van der Waals surface area (Å²) in [7, 11) is 3.08. The molecule has 0 atom stereocenters. The maximum atomic E-state index is 13.2. The molecular formula is C19H15F2NO4S. The summed E-state index contributed by atoms with van der Waals surface area (Å²) in [6, 6.07) is 7.95. The first-order valence-electron chi connectivity index (χ1n) is 7.80. The van der Waals surface area contributed by atoms with Crippen LogP contribution in [-0.2, 0) is 11.3 Å². The molecule has 0 aliphatic heterocycles. The first-order chi connectivity index (χ1) is 13.0. The largest absolute Gasteiger partial charge is 0.493 e. The van der Waals surface area contributed by atoms with Gasteiger partial charge in [0.1, 0.15) is 23.2 Å². The first kappa shape index (κ1) is 18.8. The van der Waals surface area contributed by atoms with E-state index in [1.165, 1.54) is 18.4 Å². The smallest absolute Gasteiger partial charge is 0.338 e. The number of carbonyl (C=O) groups is 1. The van der Waals surface area contributed by atoms with E-state index < -0.39 is 17.6 Å². The number of esters is 1. The predicted molar refractivity (Wildman–Crippen MR) is 96.1 cm³/mol. The predicted octanol–water partition coefficient (Wildman–Crippen LogP) is 4.46. The molecule has 0 unspecified atom stereocenters. The van der Waals surface area contributed by atoms with Crippen molar-refractivity contribution in [3.63, 3.8) is 0 Å². The van der Waals surface area contributed by atoms with E-state index in [0.29, 0.717) is 28.3 Å². The minimum Gasteiger partial charge on any atom is -0.493 e. The van der Waals surface area contributed by atoms with Crippen LogP contribution in [0.3, 0.4) is 0 Å². The van der Waals surface area contributed by atoms with Crippen molar-refractivity contribution in [3.05, 3.63) is 64.7 Å². The number of carbonyl (C=O) groups excluding carboxylic acids is 1. The molecule has 2 aromatic carbocycles. The highest BCUT2D eigenvalue weighted by Gasteiger charge is 2.16. The zero-order valence-electron chi connectivity index (χ0n) is 14.5. The SMILES string of the molecule is COc1cccc(-c2nc(COC(=O)c3cc(F)cc(F)c3)cs2)c1OC. The number of aromatic nitrogens is 1. The minimum atomic E-state index is -0.844. The number of thiazole rings is 1. The average molecular weight is 391 g/mol. The molecule has 0 radical (unpaired) electrons. The highest BCUT2D eigenvalue weighted by atomic mass is 32.1. The summed E-state index contributed by atoms with van der Waals surface area (Å²) in [4.78, 5) is 16.4. The first-order valence-corrected chi connectivity index (χ1v) is 8.68. The Morgan fingerprint density at radius 3 is 2.52 bits per heavy atom. The van der Waals surface area contributed by atoms with Crippen molar-refractivity contribution < 1.29 is 27.8 Å². The summed E-state index contributed by atoms with van der Waals surface area (Å²) in [5.41, 5.74) is 1.05. The van der Waals surface area contributed by atoms with Crippen LogP contribution in [-0.4, -0.2) is 25.2 Å². The fourth-order valence-corrected chi connectivity index (χ4v) is 3.27. The second-order valence-corrected chi connectivity index (χ2v) is 6.28. The lowest BCUT2D eigenvalue weighted by atomic mass is 10.2. The highest BCUT2D eigenvalue weighted by Crippen LogP contribution is 2.39. The third-order valence-corrected chi connectivity index (χ3v) is 4.56. The topological polar surface area (TPSA) is 57.7 Å². The third-order valence-electron chi connectivity index (χ3n) is 3.63. The van der Waals surface area contributed by atoms with Crippen LogP contribution in [0.4, 0.5) is 8.78 Å². The molecule has 0 saturated heterocycles. The Morgan fingerprint density at radius 2 is 1.85 bits per heavy atom. The monoisotopic (exact) mass is 391 g/mol. The van der Waals surface area contributed by atoms with Crippen LogP contribution < -0.4 is 9.47 Å². The van der Waals surface area contributed by atoms with Gasteiger partial charge in [0.25, 0.3) is 0 Å². The van der Waals surface area contributed by atoms with Crippen LogP contribution in [0.1, 0.15) is 16.1 Å². The van der Waals surface area contributed by atoms with Crippen molar-refractivity contribution in [2.24, 2.45) is 0 Å². The molecule has 5 nitrogen and oxygen atoms in total. The zero-order valence-corrected chi connectivity index (χ0v) is 15.3. The number of methoxy groups -OCH3 is 2. The van der Waals surface area contributed by atoms with Gasteiger partial charge in [-0.1, -0.05) is 6.07 Å². The Kier molecular flexibility index (Phi) is 5.66.